The Kier molecular flexibility index (Phi) is 2.49. The molecule has 5 heteroatoms. The molecule has 0 aliphatic carbocycles. The van der Waals surface area contributed by atoms with E-state index in [-0.39, 0.29) is 0 Å². The first-order valence-corrected chi connectivity index (χ1v) is 5.41. The summed E-state index contributed by atoms with van der Waals surface area (Å²) in [5, 5.41) is 1.01. The van der Waals surface area contributed by atoms with E-state index in [4.69, 9.17) is 10.5 Å². The first-order valence-electron chi connectivity index (χ1n) is 5.41. The van der Waals surface area contributed by atoms with E-state index in [1.54, 1.807) is 6.20 Å². The van der Waals surface area contributed by atoms with Gasteiger partial charge in [0.1, 0.15) is 11.6 Å². The maximum absolute atomic E-state index is 5.55. The largest absolute Gasteiger partial charge is 0.436 e. The number of nitrogens with zero attached hydrogens (tertiary/aromatic N) is 3. The predicted octanol–water partition coefficient (Wildman–Crippen LogP) is 2.40. The monoisotopic (exact) mass is 238 g/mol. The summed E-state index contributed by atoms with van der Waals surface area (Å²) in [5.74, 6) is 1.37. The van der Waals surface area contributed by atoms with Gasteiger partial charge in [0.2, 0.25) is 5.88 Å². The molecule has 88 valence electrons. The second-order valence-electron chi connectivity index (χ2n) is 3.75. The van der Waals surface area contributed by atoms with Crippen molar-refractivity contribution < 1.29 is 4.74 Å². The van der Waals surface area contributed by atoms with Gasteiger partial charge in [-0.3, -0.25) is 4.98 Å². The molecule has 0 amide bonds. The highest BCUT2D eigenvalue weighted by atomic mass is 16.5. The van der Waals surface area contributed by atoms with Gasteiger partial charge in [0.25, 0.3) is 0 Å². The van der Waals surface area contributed by atoms with Crippen LogP contribution in [-0.4, -0.2) is 15.0 Å². The zero-order chi connectivity index (χ0) is 12.4. The van der Waals surface area contributed by atoms with Gasteiger partial charge in [-0.1, -0.05) is 18.2 Å². The molecule has 2 heterocycles. The molecule has 0 aliphatic rings. The Balaban J connectivity index is 1.92. The Morgan fingerprint density at radius 1 is 0.944 bits per heavy atom. The SMILES string of the molecule is Nc1cnc(Oc2cnc3ccccc3c2)cn1. The lowest BCUT2D eigenvalue weighted by Gasteiger charge is -2.04. The highest BCUT2D eigenvalue weighted by Crippen LogP contribution is 2.22. The molecule has 2 N–H and O–H groups in total. The van der Waals surface area contributed by atoms with Gasteiger partial charge < -0.3 is 10.5 Å². The number of nitrogens with two attached hydrogens (primary N) is 1. The highest BCUT2D eigenvalue weighted by molar-refractivity contribution is 5.79. The van der Waals surface area contributed by atoms with E-state index in [1.165, 1.54) is 12.4 Å². The van der Waals surface area contributed by atoms with Crippen LogP contribution >= 0.6 is 0 Å². The fraction of sp³-hybridized carbons (Fsp3) is 0. The number of hydrogen-bond donors (Lipinski definition) is 1. The molecule has 0 saturated heterocycles. The molecule has 3 rings (SSSR count). The minimum atomic E-state index is 0.360. The van der Waals surface area contributed by atoms with Crippen LogP contribution in [0.3, 0.4) is 0 Å². The molecule has 2 aromatic heterocycles. The molecule has 0 aliphatic heterocycles. The molecule has 0 spiro atoms. The van der Waals surface area contributed by atoms with Crippen LogP contribution in [0.2, 0.25) is 0 Å². The summed E-state index contributed by atoms with van der Waals surface area (Å²) in [4.78, 5) is 12.2. The molecule has 0 bridgehead atoms. The van der Waals surface area contributed by atoms with Crippen LogP contribution in [0.4, 0.5) is 5.82 Å². The fourth-order valence-electron chi connectivity index (χ4n) is 1.61. The van der Waals surface area contributed by atoms with E-state index >= 15 is 0 Å². The summed E-state index contributed by atoms with van der Waals surface area (Å²) in [6, 6.07) is 9.73. The van der Waals surface area contributed by atoms with Crippen LogP contribution in [0.1, 0.15) is 0 Å². The first kappa shape index (κ1) is 10.5. The predicted molar refractivity (Wildman–Crippen MR) is 68.3 cm³/mol. The van der Waals surface area contributed by atoms with Crippen molar-refractivity contribution in [3.63, 3.8) is 0 Å². The minimum absolute atomic E-state index is 0.360. The Morgan fingerprint density at radius 2 is 1.83 bits per heavy atom. The number of aromatic nitrogens is 3. The number of anilines is 1. The van der Waals surface area contributed by atoms with Gasteiger partial charge in [0.15, 0.2) is 0 Å². The minimum Gasteiger partial charge on any atom is -0.436 e. The van der Waals surface area contributed by atoms with E-state index in [9.17, 15) is 0 Å². The second-order valence-corrected chi connectivity index (χ2v) is 3.75. The Morgan fingerprint density at radius 3 is 2.67 bits per heavy atom. The number of fused-ring (bicyclic) bond motifs is 1. The van der Waals surface area contributed by atoms with Crippen molar-refractivity contribution in [3.05, 3.63) is 48.9 Å². The van der Waals surface area contributed by atoms with Gasteiger partial charge in [-0.05, 0) is 12.1 Å². The van der Waals surface area contributed by atoms with E-state index in [0.29, 0.717) is 17.4 Å². The van der Waals surface area contributed by atoms with Gasteiger partial charge >= 0.3 is 0 Å². The number of rotatable bonds is 2. The van der Waals surface area contributed by atoms with Crippen molar-refractivity contribution in [1.29, 1.82) is 0 Å². The maximum Gasteiger partial charge on any atom is 0.238 e. The Bertz CT molecular complexity index is 682. The van der Waals surface area contributed by atoms with Crippen LogP contribution in [0.25, 0.3) is 10.9 Å². The van der Waals surface area contributed by atoms with Gasteiger partial charge in [0.05, 0.1) is 24.1 Å². The molecule has 1 aromatic carbocycles. The average Bonchev–Trinajstić information content (AvgIpc) is 2.41. The third kappa shape index (κ3) is 2.06. The lowest BCUT2D eigenvalue weighted by Crippen LogP contribution is -1.94. The van der Waals surface area contributed by atoms with E-state index in [2.05, 4.69) is 15.0 Å². The van der Waals surface area contributed by atoms with E-state index in [0.717, 1.165) is 10.9 Å². The molecule has 0 saturated carbocycles. The summed E-state index contributed by atoms with van der Waals surface area (Å²) in [6.07, 6.45) is 4.58. The molecule has 0 unspecified atom stereocenters. The third-order valence-electron chi connectivity index (χ3n) is 2.44. The number of ether oxygens (including phenoxy) is 1. The summed E-state index contributed by atoms with van der Waals surface area (Å²) < 4.78 is 5.55. The third-order valence-corrected chi connectivity index (χ3v) is 2.44. The summed E-state index contributed by atoms with van der Waals surface area (Å²) in [6.45, 7) is 0. The van der Waals surface area contributed by atoms with Crippen LogP contribution < -0.4 is 10.5 Å². The molecule has 0 fully saturated rings. The molecule has 0 atom stereocenters. The normalized spacial score (nSPS) is 10.4. The zero-order valence-electron chi connectivity index (χ0n) is 9.45. The number of para-hydroxylation sites is 1. The van der Waals surface area contributed by atoms with Crippen molar-refractivity contribution in [2.24, 2.45) is 0 Å². The first-order chi connectivity index (χ1) is 8.81. The van der Waals surface area contributed by atoms with Gasteiger partial charge in [-0.15, -0.1) is 0 Å². The molecular weight excluding hydrogens is 228 g/mol. The molecule has 18 heavy (non-hydrogen) atoms. The standard InChI is InChI=1S/C13H10N4O/c14-12-7-17-13(8-16-12)18-10-5-9-3-1-2-4-11(9)15-6-10/h1-8H,(H2,14,16). The highest BCUT2D eigenvalue weighted by Gasteiger charge is 2.01. The van der Waals surface area contributed by atoms with Crippen LogP contribution in [0, 0.1) is 0 Å². The van der Waals surface area contributed by atoms with Gasteiger partial charge in [-0.2, -0.15) is 0 Å². The molecular formula is C13H10N4O. The fourth-order valence-corrected chi connectivity index (χ4v) is 1.61. The zero-order valence-corrected chi connectivity index (χ0v) is 9.45. The van der Waals surface area contributed by atoms with E-state index < -0.39 is 0 Å². The molecule has 5 nitrogen and oxygen atoms in total. The smallest absolute Gasteiger partial charge is 0.238 e. The number of hydrogen-bond acceptors (Lipinski definition) is 5. The Labute approximate surface area is 103 Å². The van der Waals surface area contributed by atoms with Gasteiger partial charge in [0, 0.05) is 5.39 Å². The van der Waals surface area contributed by atoms with Crippen LogP contribution in [0.5, 0.6) is 11.6 Å². The summed E-state index contributed by atoms with van der Waals surface area (Å²) in [5.41, 5.74) is 6.38. The lowest BCUT2D eigenvalue weighted by atomic mass is 10.2. The second kappa shape index (κ2) is 4.29. The number of pyridine rings is 1. The van der Waals surface area contributed by atoms with Crippen LogP contribution in [0.15, 0.2) is 48.9 Å². The quantitative estimate of drug-likeness (QED) is 0.742. The molecule has 0 radical (unpaired) electrons. The van der Waals surface area contributed by atoms with Crippen molar-refractivity contribution in [2.45, 2.75) is 0 Å². The maximum atomic E-state index is 5.55. The summed E-state index contributed by atoms with van der Waals surface area (Å²) >= 11 is 0. The topological polar surface area (TPSA) is 73.9 Å². The number of benzene rings is 1. The van der Waals surface area contributed by atoms with Crippen molar-refractivity contribution in [3.8, 4) is 11.6 Å². The van der Waals surface area contributed by atoms with Gasteiger partial charge in [-0.25, -0.2) is 9.97 Å². The van der Waals surface area contributed by atoms with E-state index in [1.807, 2.05) is 30.3 Å². The van der Waals surface area contributed by atoms with Crippen molar-refractivity contribution in [2.75, 3.05) is 5.73 Å². The average molecular weight is 238 g/mol. The number of nitrogen functional groups attached to an aromatic ring is 1. The van der Waals surface area contributed by atoms with Crippen molar-refractivity contribution >= 4 is 16.7 Å². The Hall–Kier alpha value is -2.69. The summed E-state index contributed by atoms with van der Waals surface area (Å²) in [7, 11) is 0. The lowest BCUT2D eigenvalue weighted by molar-refractivity contribution is 0.459. The van der Waals surface area contributed by atoms with Crippen LogP contribution in [-0.2, 0) is 0 Å². The molecule has 3 aromatic rings. The van der Waals surface area contributed by atoms with Crippen molar-refractivity contribution in [1.82, 2.24) is 15.0 Å².